The lowest BCUT2D eigenvalue weighted by atomic mass is 10.0. The molecule has 0 aliphatic carbocycles. The highest BCUT2D eigenvalue weighted by atomic mass is 32.2. The van der Waals surface area contributed by atoms with Gasteiger partial charge >= 0.3 is 0 Å². The molecule has 20 heavy (non-hydrogen) atoms. The second-order valence-electron chi connectivity index (χ2n) is 3.96. The SMILES string of the molecule is CC.CS(=O)c1cc(C2=CCCOC2)ccc1[N+](=O)[O-]. The molecule has 0 radical (unpaired) electrons. The van der Waals surface area contributed by atoms with Crippen LogP contribution in [0.25, 0.3) is 5.57 Å². The highest BCUT2D eigenvalue weighted by molar-refractivity contribution is 7.84. The van der Waals surface area contributed by atoms with Gasteiger partial charge in [-0.2, -0.15) is 0 Å². The summed E-state index contributed by atoms with van der Waals surface area (Å²) >= 11 is 0. The van der Waals surface area contributed by atoms with Gasteiger partial charge in [-0.1, -0.05) is 19.9 Å². The predicted octanol–water partition coefficient (Wildman–Crippen LogP) is 3.16. The van der Waals surface area contributed by atoms with Crippen LogP contribution >= 0.6 is 0 Å². The smallest absolute Gasteiger partial charge is 0.285 e. The third-order valence-corrected chi connectivity index (χ3v) is 3.69. The van der Waals surface area contributed by atoms with E-state index in [2.05, 4.69) is 0 Å². The zero-order valence-electron chi connectivity index (χ0n) is 11.9. The summed E-state index contributed by atoms with van der Waals surface area (Å²) in [4.78, 5) is 10.6. The van der Waals surface area contributed by atoms with Crippen LogP contribution in [-0.4, -0.2) is 28.6 Å². The average Bonchev–Trinajstić information content (AvgIpc) is 2.49. The Balaban J connectivity index is 0.000000956. The van der Waals surface area contributed by atoms with Crippen molar-refractivity contribution < 1.29 is 13.9 Å². The van der Waals surface area contributed by atoms with Crippen LogP contribution in [0.5, 0.6) is 0 Å². The van der Waals surface area contributed by atoms with Gasteiger partial charge in [0.2, 0.25) is 0 Å². The van der Waals surface area contributed by atoms with Gasteiger partial charge in [0.05, 0.1) is 28.9 Å². The molecule has 0 amide bonds. The first kappa shape index (κ1) is 16.5. The van der Waals surface area contributed by atoms with E-state index in [1.807, 2.05) is 19.9 Å². The maximum absolute atomic E-state index is 11.6. The largest absolute Gasteiger partial charge is 0.376 e. The first-order valence-electron chi connectivity index (χ1n) is 6.48. The summed E-state index contributed by atoms with van der Waals surface area (Å²) in [6.45, 7) is 5.19. The molecule has 1 atom stereocenters. The van der Waals surface area contributed by atoms with Gasteiger partial charge in [0.1, 0.15) is 4.90 Å². The van der Waals surface area contributed by atoms with Gasteiger partial charge in [-0.3, -0.25) is 14.3 Å². The van der Waals surface area contributed by atoms with Crippen LogP contribution < -0.4 is 0 Å². The second kappa shape index (κ2) is 7.91. The third kappa shape index (κ3) is 3.98. The van der Waals surface area contributed by atoms with E-state index in [0.717, 1.165) is 17.6 Å². The Morgan fingerprint density at radius 3 is 2.55 bits per heavy atom. The van der Waals surface area contributed by atoms with E-state index in [9.17, 15) is 14.3 Å². The molecule has 2 rings (SSSR count). The Hall–Kier alpha value is -1.53. The van der Waals surface area contributed by atoms with Crippen LogP contribution in [0, 0.1) is 10.1 Å². The van der Waals surface area contributed by atoms with Crippen molar-refractivity contribution in [3.8, 4) is 0 Å². The molecule has 110 valence electrons. The highest BCUT2D eigenvalue weighted by Gasteiger charge is 2.18. The normalized spacial score (nSPS) is 15.7. The van der Waals surface area contributed by atoms with E-state index < -0.39 is 15.7 Å². The average molecular weight is 297 g/mol. The van der Waals surface area contributed by atoms with Crippen molar-refractivity contribution in [3.05, 3.63) is 40.0 Å². The van der Waals surface area contributed by atoms with Crippen molar-refractivity contribution >= 4 is 22.1 Å². The lowest BCUT2D eigenvalue weighted by Gasteiger charge is -2.14. The van der Waals surface area contributed by atoms with Crippen molar-refractivity contribution in [1.29, 1.82) is 0 Å². The number of nitrogens with zero attached hydrogens (tertiary/aromatic N) is 1. The monoisotopic (exact) mass is 297 g/mol. The molecule has 0 bridgehead atoms. The maximum Gasteiger partial charge on any atom is 0.285 e. The fourth-order valence-corrected chi connectivity index (χ4v) is 2.58. The highest BCUT2D eigenvalue weighted by Crippen LogP contribution is 2.27. The summed E-state index contributed by atoms with van der Waals surface area (Å²) in [5.41, 5.74) is 1.73. The summed E-state index contributed by atoms with van der Waals surface area (Å²) in [6.07, 6.45) is 4.32. The molecule has 6 heteroatoms. The van der Waals surface area contributed by atoms with Gasteiger partial charge in [0.15, 0.2) is 0 Å². The minimum Gasteiger partial charge on any atom is -0.376 e. The Kier molecular flexibility index (Phi) is 6.54. The van der Waals surface area contributed by atoms with E-state index in [1.165, 1.54) is 12.3 Å². The Morgan fingerprint density at radius 1 is 1.35 bits per heavy atom. The molecule has 0 aromatic heterocycles. The Labute approximate surface area is 121 Å². The molecule has 0 N–H and O–H groups in total. The molecule has 1 aliphatic rings. The number of rotatable bonds is 3. The fourth-order valence-electron chi connectivity index (χ4n) is 1.85. The standard InChI is InChI=1S/C12H13NO4S.C2H6/c1-18(16)12-7-9(4-5-11(12)13(14)15)10-3-2-6-17-8-10;1-2/h3-5,7H,2,6,8H2,1H3;1-2H3. The summed E-state index contributed by atoms with van der Waals surface area (Å²) in [5.74, 6) is 0. The number of hydrogen-bond donors (Lipinski definition) is 0. The minimum absolute atomic E-state index is 0.100. The zero-order chi connectivity index (χ0) is 15.1. The van der Waals surface area contributed by atoms with Gasteiger partial charge < -0.3 is 4.74 Å². The predicted molar refractivity (Wildman–Crippen MR) is 80.2 cm³/mol. The molecular formula is C14H19NO4S. The van der Waals surface area contributed by atoms with Gasteiger partial charge in [0.25, 0.3) is 5.69 Å². The van der Waals surface area contributed by atoms with Crippen LogP contribution in [0.4, 0.5) is 5.69 Å². The zero-order valence-corrected chi connectivity index (χ0v) is 12.7. The molecule has 1 aromatic carbocycles. The van der Waals surface area contributed by atoms with Gasteiger partial charge in [-0.05, 0) is 29.7 Å². The number of nitro groups is 1. The van der Waals surface area contributed by atoms with E-state index >= 15 is 0 Å². The quantitative estimate of drug-likeness (QED) is 0.634. The van der Waals surface area contributed by atoms with E-state index in [0.29, 0.717) is 13.2 Å². The number of nitro benzene ring substituents is 1. The Bertz CT molecular complexity index is 540. The summed E-state index contributed by atoms with van der Waals surface area (Å²) in [6, 6.07) is 4.70. The van der Waals surface area contributed by atoms with Gasteiger partial charge in [0, 0.05) is 12.3 Å². The fraction of sp³-hybridized carbons (Fsp3) is 0.429. The molecule has 0 fully saturated rings. The molecule has 1 unspecified atom stereocenters. The topological polar surface area (TPSA) is 69.4 Å². The third-order valence-electron chi connectivity index (χ3n) is 2.75. The van der Waals surface area contributed by atoms with Crippen molar-refractivity contribution in [3.63, 3.8) is 0 Å². The first-order chi connectivity index (χ1) is 9.59. The van der Waals surface area contributed by atoms with E-state index in [4.69, 9.17) is 4.74 Å². The lowest BCUT2D eigenvalue weighted by molar-refractivity contribution is -0.387. The van der Waals surface area contributed by atoms with Gasteiger partial charge in [-0.15, -0.1) is 0 Å². The van der Waals surface area contributed by atoms with Crippen LogP contribution in [0.3, 0.4) is 0 Å². The molecule has 1 aliphatic heterocycles. The number of ether oxygens (including phenoxy) is 1. The molecular weight excluding hydrogens is 278 g/mol. The van der Waals surface area contributed by atoms with Crippen LogP contribution in [0.15, 0.2) is 29.2 Å². The lowest BCUT2D eigenvalue weighted by Crippen LogP contribution is -2.06. The Morgan fingerprint density at radius 2 is 2.05 bits per heavy atom. The molecule has 1 aromatic rings. The molecule has 5 nitrogen and oxygen atoms in total. The summed E-state index contributed by atoms with van der Waals surface area (Å²) < 4.78 is 16.9. The first-order valence-corrected chi connectivity index (χ1v) is 8.04. The number of benzene rings is 1. The summed E-state index contributed by atoms with van der Waals surface area (Å²) in [5, 5.41) is 10.8. The van der Waals surface area contributed by atoms with Crippen LogP contribution in [0.1, 0.15) is 25.8 Å². The van der Waals surface area contributed by atoms with E-state index in [1.54, 1.807) is 12.1 Å². The second-order valence-corrected chi connectivity index (χ2v) is 5.31. The maximum atomic E-state index is 11.6. The number of hydrogen-bond acceptors (Lipinski definition) is 4. The van der Waals surface area contributed by atoms with E-state index in [-0.39, 0.29) is 10.6 Å². The molecule has 0 saturated heterocycles. The minimum atomic E-state index is -1.39. The van der Waals surface area contributed by atoms with Crippen molar-refractivity contribution in [2.75, 3.05) is 19.5 Å². The molecule has 0 spiro atoms. The van der Waals surface area contributed by atoms with Crippen molar-refractivity contribution in [2.24, 2.45) is 0 Å². The summed E-state index contributed by atoms with van der Waals surface area (Å²) in [7, 11) is -1.39. The van der Waals surface area contributed by atoms with Gasteiger partial charge in [-0.25, -0.2) is 0 Å². The van der Waals surface area contributed by atoms with Crippen molar-refractivity contribution in [1.82, 2.24) is 0 Å². The van der Waals surface area contributed by atoms with Crippen LogP contribution in [0.2, 0.25) is 0 Å². The molecule has 1 heterocycles. The van der Waals surface area contributed by atoms with Crippen LogP contribution in [-0.2, 0) is 15.5 Å². The molecule has 0 saturated carbocycles. The van der Waals surface area contributed by atoms with Crippen molar-refractivity contribution in [2.45, 2.75) is 25.2 Å².